The Hall–Kier alpha value is -3.39. The number of anilines is 1. The lowest BCUT2D eigenvalue weighted by Gasteiger charge is -2.29. The summed E-state index contributed by atoms with van der Waals surface area (Å²) in [5, 5.41) is 4.86. The molecule has 2 aromatic carbocycles. The largest absolute Gasteiger partial charge is 0.462 e. The zero-order valence-electron chi connectivity index (χ0n) is 20.5. The number of nitrogens with one attached hydrogen (secondary N) is 1. The van der Waals surface area contributed by atoms with Gasteiger partial charge in [-0.2, -0.15) is 0 Å². The average Bonchev–Trinajstić information content (AvgIpc) is 3.25. The number of ether oxygens (including phenoxy) is 2. The molecule has 4 aromatic rings. The van der Waals surface area contributed by atoms with E-state index in [-0.39, 0.29) is 5.97 Å². The van der Waals surface area contributed by atoms with E-state index in [2.05, 4.69) is 44.0 Å². The predicted octanol–water partition coefficient (Wildman–Crippen LogP) is 5.21. The molecular weight excluding hydrogens is 476 g/mol. The number of piperazine rings is 1. The molecule has 3 heterocycles. The van der Waals surface area contributed by atoms with Gasteiger partial charge < -0.3 is 24.3 Å². The predicted molar refractivity (Wildman–Crippen MR) is 144 cm³/mol. The van der Waals surface area contributed by atoms with Crippen LogP contribution in [0.2, 0.25) is 5.02 Å². The fourth-order valence-corrected chi connectivity index (χ4v) is 5.04. The number of hydrogen-bond acceptors (Lipinski definition) is 6. The first kappa shape index (κ1) is 24.3. The van der Waals surface area contributed by atoms with Crippen LogP contribution >= 0.6 is 11.6 Å². The second-order valence-corrected chi connectivity index (χ2v) is 9.05. The Labute approximate surface area is 215 Å². The Morgan fingerprint density at radius 3 is 2.39 bits per heavy atom. The summed E-state index contributed by atoms with van der Waals surface area (Å²) in [5.74, 6) is -0.339. The molecule has 5 rings (SSSR count). The molecule has 186 valence electrons. The van der Waals surface area contributed by atoms with Crippen LogP contribution in [-0.4, -0.2) is 55.4 Å². The van der Waals surface area contributed by atoms with Crippen LogP contribution in [0.1, 0.15) is 17.3 Å². The third-order valence-electron chi connectivity index (χ3n) is 6.46. The zero-order valence-corrected chi connectivity index (χ0v) is 21.2. The maximum absolute atomic E-state index is 12.2. The normalized spacial score (nSPS) is 13.8. The van der Waals surface area contributed by atoms with Gasteiger partial charge in [0.2, 0.25) is 0 Å². The third-order valence-corrected chi connectivity index (χ3v) is 6.77. The van der Waals surface area contributed by atoms with E-state index in [1.807, 2.05) is 12.1 Å². The molecule has 0 unspecified atom stereocenters. The second-order valence-electron chi connectivity index (χ2n) is 8.64. The Kier molecular flexibility index (Phi) is 7.23. The van der Waals surface area contributed by atoms with Gasteiger partial charge >= 0.3 is 5.97 Å². The van der Waals surface area contributed by atoms with Crippen molar-refractivity contribution >= 4 is 34.3 Å². The van der Waals surface area contributed by atoms with Crippen LogP contribution in [0.25, 0.3) is 33.4 Å². The van der Waals surface area contributed by atoms with Crippen molar-refractivity contribution in [2.45, 2.75) is 13.7 Å². The zero-order chi connectivity index (χ0) is 25.1. The lowest BCUT2D eigenvalue weighted by Crippen LogP contribution is -2.43. The highest BCUT2D eigenvalue weighted by molar-refractivity contribution is 6.37. The second kappa shape index (κ2) is 10.7. The molecule has 1 aliphatic rings. The first-order chi connectivity index (χ1) is 17.6. The first-order valence-corrected chi connectivity index (χ1v) is 12.5. The van der Waals surface area contributed by atoms with Gasteiger partial charge in [-0.1, -0.05) is 35.9 Å². The molecule has 0 atom stereocenters. The molecule has 0 amide bonds. The van der Waals surface area contributed by atoms with Crippen LogP contribution in [0.3, 0.4) is 0 Å². The minimum absolute atomic E-state index is 0.319. The highest BCUT2D eigenvalue weighted by Gasteiger charge is 2.23. The van der Waals surface area contributed by atoms with Crippen molar-refractivity contribution in [2.75, 3.05) is 44.8 Å². The van der Waals surface area contributed by atoms with Crippen molar-refractivity contribution in [1.82, 2.24) is 14.9 Å². The van der Waals surface area contributed by atoms with Gasteiger partial charge in [-0.05, 0) is 48.4 Å². The van der Waals surface area contributed by atoms with E-state index in [0.29, 0.717) is 23.9 Å². The lowest BCUT2D eigenvalue weighted by atomic mass is 9.97. The number of nitrogens with zero attached hydrogens (tertiary/aromatic N) is 3. The van der Waals surface area contributed by atoms with Crippen LogP contribution < -0.4 is 10.2 Å². The van der Waals surface area contributed by atoms with Crippen molar-refractivity contribution in [1.29, 1.82) is 0 Å². The van der Waals surface area contributed by atoms with Crippen LogP contribution in [-0.2, 0) is 16.2 Å². The van der Waals surface area contributed by atoms with E-state index < -0.39 is 0 Å². The Morgan fingerprint density at radius 1 is 1.03 bits per heavy atom. The summed E-state index contributed by atoms with van der Waals surface area (Å²) in [6.45, 7) is 6.40. The molecule has 1 saturated heterocycles. The number of esters is 1. The summed E-state index contributed by atoms with van der Waals surface area (Å²) in [6.07, 6.45) is 1.71. The third kappa shape index (κ3) is 4.57. The van der Waals surface area contributed by atoms with Gasteiger partial charge in [0.25, 0.3) is 0 Å². The molecule has 36 heavy (non-hydrogen) atoms. The topological polar surface area (TPSA) is 68.6 Å². The van der Waals surface area contributed by atoms with Crippen LogP contribution in [0, 0.1) is 0 Å². The number of halogens is 1. The van der Waals surface area contributed by atoms with Gasteiger partial charge in [0.1, 0.15) is 12.4 Å². The number of rotatable bonds is 7. The number of benzene rings is 2. The van der Waals surface area contributed by atoms with Gasteiger partial charge in [0, 0.05) is 56.1 Å². The van der Waals surface area contributed by atoms with Gasteiger partial charge in [-0.3, -0.25) is 0 Å². The monoisotopic (exact) mass is 504 g/mol. The Morgan fingerprint density at radius 2 is 1.72 bits per heavy atom. The maximum atomic E-state index is 12.2. The smallest absolute Gasteiger partial charge is 0.338 e. The SMILES string of the molecule is CCOC(=O)c1ccc(-c2c(-c3ccc(N4CCNCC4)cc3)n(COC)c3nccc(Cl)c23)cc1. The van der Waals surface area contributed by atoms with E-state index in [9.17, 15) is 4.79 Å². The minimum Gasteiger partial charge on any atom is -0.462 e. The van der Waals surface area contributed by atoms with E-state index in [4.69, 9.17) is 21.1 Å². The highest BCUT2D eigenvalue weighted by atomic mass is 35.5. The fourth-order valence-electron chi connectivity index (χ4n) is 4.80. The van der Waals surface area contributed by atoms with Gasteiger partial charge in [0.05, 0.1) is 22.9 Å². The summed E-state index contributed by atoms with van der Waals surface area (Å²) in [7, 11) is 1.67. The maximum Gasteiger partial charge on any atom is 0.338 e. The average molecular weight is 505 g/mol. The Balaban J connectivity index is 1.67. The molecule has 0 bridgehead atoms. The fraction of sp³-hybridized carbons (Fsp3) is 0.286. The van der Waals surface area contributed by atoms with E-state index in [1.165, 1.54) is 5.69 Å². The van der Waals surface area contributed by atoms with Gasteiger partial charge in [-0.15, -0.1) is 0 Å². The van der Waals surface area contributed by atoms with E-state index in [0.717, 1.165) is 59.6 Å². The minimum atomic E-state index is -0.339. The van der Waals surface area contributed by atoms with Crippen LogP contribution in [0.15, 0.2) is 60.8 Å². The van der Waals surface area contributed by atoms with Gasteiger partial charge in [0.15, 0.2) is 0 Å². The van der Waals surface area contributed by atoms with Crippen molar-refractivity contribution in [2.24, 2.45) is 0 Å². The number of aromatic nitrogens is 2. The molecule has 0 radical (unpaired) electrons. The molecule has 8 heteroatoms. The summed E-state index contributed by atoms with van der Waals surface area (Å²) < 4.78 is 12.8. The standard InChI is InChI=1S/C28H29ClN4O3/c1-3-36-28(34)21-6-4-19(5-7-21)24-25-23(29)12-13-31-27(25)33(18-35-2)26(24)20-8-10-22(11-9-20)32-16-14-30-15-17-32/h4-13,30H,3,14-18H2,1-2H3. The molecule has 0 spiro atoms. The summed E-state index contributed by atoms with van der Waals surface area (Å²) in [4.78, 5) is 19.3. The number of fused-ring (bicyclic) bond motifs is 1. The van der Waals surface area contributed by atoms with Gasteiger partial charge in [-0.25, -0.2) is 9.78 Å². The summed E-state index contributed by atoms with van der Waals surface area (Å²) >= 11 is 6.75. The number of carbonyl (C=O) groups is 1. The lowest BCUT2D eigenvalue weighted by molar-refractivity contribution is 0.0526. The van der Waals surface area contributed by atoms with E-state index >= 15 is 0 Å². The van der Waals surface area contributed by atoms with Crippen LogP contribution in [0.4, 0.5) is 5.69 Å². The molecule has 2 aromatic heterocycles. The molecule has 0 saturated carbocycles. The Bertz CT molecular complexity index is 1360. The first-order valence-electron chi connectivity index (χ1n) is 12.1. The summed E-state index contributed by atoms with van der Waals surface area (Å²) in [6, 6.07) is 17.8. The number of hydrogen-bond donors (Lipinski definition) is 1. The molecule has 1 N–H and O–H groups in total. The van der Waals surface area contributed by atoms with Crippen LogP contribution in [0.5, 0.6) is 0 Å². The highest BCUT2D eigenvalue weighted by Crippen LogP contribution is 2.43. The number of pyridine rings is 1. The molecule has 0 aliphatic carbocycles. The van der Waals surface area contributed by atoms with Crippen molar-refractivity contribution in [3.05, 3.63) is 71.4 Å². The molecular formula is C28H29ClN4O3. The van der Waals surface area contributed by atoms with Crippen molar-refractivity contribution in [3.8, 4) is 22.4 Å². The summed E-state index contributed by atoms with van der Waals surface area (Å²) in [5.41, 5.74) is 6.32. The molecule has 7 nitrogen and oxygen atoms in total. The molecule has 1 aliphatic heterocycles. The van der Waals surface area contributed by atoms with Crippen molar-refractivity contribution in [3.63, 3.8) is 0 Å². The van der Waals surface area contributed by atoms with Crippen molar-refractivity contribution < 1.29 is 14.3 Å². The quantitative estimate of drug-likeness (QED) is 0.348. The molecule has 1 fully saturated rings. The number of carbonyl (C=O) groups excluding carboxylic acids is 1. The van der Waals surface area contributed by atoms with E-state index in [1.54, 1.807) is 38.4 Å². The number of methoxy groups -OCH3 is 1.